The molecule has 1 aromatic carbocycles. The van der Waals surface area contributed by atoms with Crippen LogP contribution in [0.1, 0.15) is 63.0 Å². The molecule has 4 saturated carbocycles. The van der Waals surface area contributed by atoms with Crippen molar-refractivity contribution in [2.75, 3.05) is 26.7 Å². The molecule has 4 N–H and O–H groups in total. The third-order valence-electron chi connectivity index (χ3n) is 11.4. The highest BCUT2D eigenvalue weighted by atomic mass is 16.6. The molecule has 4 bridgehead atoms. The maximum absolute atomic E-state index is 13.1. The van der Waals surface area contributed by atoms with E-state index in [0.29, 0.717) is 18.3 Å². The van der Waals surface area contributed by atoms with Gasteiger partial charge in [0.05, 0.1) is 6.42 Å². The van der Waals surface area contributed by atoms with E-state index in [1.807, 2.05) is 0 Å². The van der Waals surface area contributed by atoms with Crippen LogP contribution in [0.4, 0.5) is 0 Å². The molecule has 40 heavy (non-hydrogen) atoms. The second-order valence-electron chi connectivity index (χ2n) is 13.1. The number of fused-ring (bicyclic) bond motifs is 2. The molecule has 7 aliphatic rings. The van der Waals surface area contributed by atoms with Gasteiger partial charge in [0.25, 0.3) is 0 Å². The van der Waals surface area contributed by atoms with Crippen LogP contribution in [0.3, 0.4) is 0 Å². The molecule has 2 spiro atoms. The van der Waals surface area contributed by atoms with Gasteiger partial charge in [-0.2, -0.15) is 0 Å². The molecule has 10 heteroatoms. The fourth-order valence-electron chi connectivity index (χ4n) is 9.77. The van der Waals surface area contributed by atoms with Crippen molar-refractivity contribution < 1.29 is 34.1 Å². The predicted molar refractivity (Wildman–Crippen MR) is 143 cm³/mol. The average molecular weight is 554 g/mol. The van der Waals surface area contributed by atoms with Crippen molar-refractivity contribution in [1.29, 1.82) is 0 Å². The number of aromatic hydroxyl groups is 1. The smallest absolute Gasteiger partial charge is 0.305 e. The van der Waals surface area contributed by atoms with Crippen molar-refractivity contribution in [3.63, 3.8) is 0 Å². The lowest BCUT2D eigenvalue weighted by Gasteiger charge is -2.74. The first-order valence-electron chi connectivity index (χ1n) is 14.7. The van der Waals surface area contributed by atoms with Crippen LogP contribution < -0.4 is 15.4 Å². The topological polar surface area (TPSA) is 137 Å². The number of likely N-dealkylation sites (tertiary alicyclic amines) is 1. The lowest BCUT2D eigenvalue weighted by molar-refractivity contribution is -0.276. The summed E-state index contributed by atoms with van der Waals surface area (Å²) < 4.78 is 13.3. The summed E-state index contributed by atoms with van der Waals surface area (Å²) in [6.45, 7) is 3.70. The first kappa shape index (κ1) is 26.1. The summed E-state index contributed by atoms with van der Waals surface area (Å²) in [7, 11) is 1.73. The molecule has 7 atom stereocenters. The number of amides is 2. The summed E-state index contributed by atoms with van der Waals surface area (Å²) in [5, 5.41) is 25.7. The quantitative estimate of drug-likeness (QED) is 0.363. The number of aliphatic carboxylic acids is 1. The van der Waals surface area contributed by atoms with Gasteiger partial charge in [-0.15, -0.1) is 0 Å². The number of nitrogens with zero attached hydrogens (tertiary/aromatic N) is 1. The largest absolute Gasteiger partial charge is 0.504 e. The highest BCUT2D eigenvalue weighted by molar-refractivity contribution is 5.90. The van der Waals surface area contributed by atoms with E-state index in [9.17, 15) is 24.6 Å². The van der Waals surface area contributed by atoms with Crippen LogP contribution in [-0.4, -0.2) is 83.4 Å². The number of piperidine rings is 1. The van der Waals surface area contributed by atoms with Crippen LogP contribution in [0.15, 0.2) is 12.1 Å². The molecule has 216 valence electrons. The van der Waals surface area contributed by atoms with Crippen LogP contribution in [-0.2, 0) is 31.0 Å². The number of ether oxygens (including phenoxy) is 2. The molecular weight excluding hydrogens is 514 g/mol. The first-order chi connectivity index (χ1) is 19.1. The van der Waals surface area contributed by atoms with Crippen LogP contribution in [0, 0.1) is 17.3 Å². The molecule has 1 aromatic rings. The van der Waals surface area contributed by atoms with Crippen molar-refractivity contribution in [3.8, 4) is 11.5 Å². The van der Waals surface area contributed by atoms with Crippen LogP contribution in [0.25, 0.3) is 0 Å². The van der Waals surface area contributed by atoms with E-state index in [-0.39, 0.29) is 28.6 Å². The number of benzene rings is 1. The minimum atomic E-state index is -1.15. The number of rotatable bonds is 9. The Bertz CT molecular complexity index is 1270. The van der Waals surface area contributed by atoms with Crippen molar-refractivity contribution in [2.24, 2.45) is 17.3 Å². The number of carbonyl (C=O) groups is 3. The van der Waals surface area contributed by atoms with E-state index in [4.69, 9.17) is 9.47 Å². The van der Waals surface area contributed by atoms with Crippen LogP contribution in [0.5, 0.6) is 11.5 Å². The maximum atomic E-state index is 13.1. The Morgan fingerprint density at radius 1 is 1.23 bits per heavy atom. The second-order valence-corrected chi connectivity index (χ2v) is 13.1. The Labute approximate surface area is 233 Å². The first-order valence-corrected chi connectivity index (χ1v) is 14.7. The van der Waals surface area contributed by atoms with Gasteiger partial charge >= 0.3 is 5.97 Å². The van der Waals surface area contributed by atoms with Crippen molar-refractivity contribution >= 4 is 17.8 Å². The third-order valence-corrected chi connectivity index (χ3v) is 11.4. The van der Waals surface area contributed by atoms with Gasteiger partial charge in [-0.05, 0) is 69.0 Å². The minimum Gasteiger partial charge on any atom is -0.504 e. The summed E-state index contributed by atoms with van der Waals surface area (Å²) in [4.78, 5) is 38.9. The van der Waals surface area contributed by atoms with Gasteiger partial charge < -0.3 is 30.3 Å². The third kappa shape index (κ3) is 3.38. The number of phenolic OH excluding ortho intramolecular Hbond substituents is 1. The van der Waals surface area contributed by atoms with E-state index < -0.39 is 35.8 Å². The number of carboxylic acid groups (broad SMARTS) is 1. The Hall–Kier alpha value is -2.85. The number of carbonyl (C=O) groups excluding carboxylic acids is 2. The fraction of sp³-hybridized carbons (Fsp3) is 0.700. The van der Waals surface area contributed by atoms with Gasteiger partial charge in [-0.1, -0.05) is 6.07 Å². The zero-order valence-corrected chi connectivity index (χ0v) is 23.2. The van der Waals surface area contributed by atoms with Gasteiger partial charge in [0.15, 0.2) is 11.5 Å². The number of carboxylic acids is 1. The monoisotopic (exact) mass is 553 g/mol. The molecule has 2 amide bonds. The number of methoxy groups -OCH3 is 1. The van der Waals surface area contributed by atoms with Gasteiger partial charge in [0.1, 0.15) is 17.7 Å². The molecule has 1 saturated heterocycles. The van der Waals surface area contributed by atoms with Crippen molar-refractivity contribution in [2.45, 2.75) is 87.5 Å². The van der Waals surface area contributed by atoms with Gasteiger partial charge in [0, 0.05) is 55.5 Å². The number of phenols is 1. The summed E-state index contributed by atoms with van der Waals surface area (Å²) in [6, 6.07) is 3.06. The Balaban J connectivity index is 1.26. The van der Waals surface area contributed by atoms with Crippen molar-refractivity contribution in [1.82, 2.24) is 15.5 Å². The summed E-state index contributed by atoms with van der Waals surface area (Å²) in [5.41, 5.74) is 1.47. The van der Waals surface area contributed by atoms with Gasteiger partial charge in [-0.3, -0.25) is 19.3 Å². The molecule has 10 nitrogen and oxygen atoms in total. The second kappa shape index (κ2) is 8.82. The molecule has 0 aromatic heterocycles. The van der Waals surface area contributed by atoms with Gasteiger partial charge in [0.2, 0.25) is 11.8 Å². The van der Waals surface area contributed by atoms with E-state index in [0.717, 1.165) is 51.1 Å². The lowest BCUT2D eigenvalue weighted by Crippen LogP contribution is -2.81. The van der Waals surface area contributed by atoms with E-state index in [2.05, 4.69) is 21.6 Å². The standard InChI is InChI=1S/C30H39N3O7/c1-16(34)32-20(12-23(36)37)26(38)31-14-19-13-28-7-8-30(19,39-2)27-29(28)9-10-33(15-17-3-4-17)22(28)11-18-5-6-21(35)25(40-27)24(18)29/h5-6,17,19-20,22,27,35H,3-4,7-15H2,1-2H3,(H,31,38)(H,32,34)(H,36,37)/t19?,20-,22+,27?,28+,29-,30?/m0/s1. The minimum absolute atomic E-state index is 0.0717. The predicted octanol–water partition coefficient (Wildman–Crippen LogP) is 1.71. The Morgan fingerprint density at radius 3 is 2.73 bits per heavy atom. The normalized spacial score (nSPS) is 37.3. The number of hydrogen-bond acceptors (Lipinski definition) is 7. The molecule has 5 fully saturated rings. The maximum Gasteiger partial charge on any atom is 0.305 e. The van der Waals surface area contributed by atoms with Crippen LogP contribution in [0.2, 0.25) is 0 Å². The fourth-order valence-corrected chi connectivity index (χ4v) is 9.77. The Kier molecular flexibility index (Phi) is 5.75. The molecular formula is C30H39N3O7. The molecule has 3 unspecified atom stereocenters. The number of hydrogen-bond donors (Lipinski definition) is 4. The molecule has 5 aliphatic carbocycles. The lowest BCUT2D eigenvalue weighted by atomic mass is 9.35. The summed E-state index contributed by atoms with van der Waals surface area (Å²) in [6.07, 6.45) is 6.35. The molecule has 2 aliphatic heterocycles. The molecule has 0 radical (unpaired) electrons. The highest BCUT2D eigenvalue weighted by Gasteiger charge is 2.80. The van der Waals surface area contributed by atoms with Crippen LogP contribution >= 0.6 is 0 Å². The summed E-state index contributed by atoms with van der Waals surface area (Å²) >= 11 is 0. The molecule has 2 heterocycles. The van der Waals surface area contributed by atoms with E-state index in [1.165, 1.54) is 30.9 Å². The van der Waals surface area contributed by atoms with Crippen molar-refractivity contribution in [3.05, 3.63) is 23.3 Å². The SMILES string of the molecule is COC12CC[C@@]3(CC1CNC(=O)[C@H](CC(=O)O)NC(C)=O)[C@H]1Cc4ccc(O)c5c4[C@@]3(CCN1CC1CC1)C2O5. The highest BCUT2D eigenvalue weighted by Crippen LogP contribution is 2.76. The molecule has 8 rings (SSSR count). The zero-order valence-electron chi connectivity index (χ0n) is 23.2. The zero-order chi connectivity index (χ0) is 28.0. The average Bonchev–Trinajstić information content (AvgIpc) is 3.66. The summed E-state index contributed by atoms with van der Waals surface area (Å²) in [5.74, 6) is -0.618. The van der Waals surface area contributed by atoms with E-state index in [1.54, 1.807) is 13.2 Å². The number of nitrogens with one attached hydrogen (secondary N) is 2. The van der Waals surface area contributed by atoms with Gasteiger partial charge in [-0.25, -0.2) is 0 Å². The Morgan fingerprint density at radius 2 is 2.02 bits per heavy atom. The van der Waals surface area contributed by atoms with E-state index >= 15 is 0 Å².